The molecule has 0 amide bonds. The van der Waals surface area contributed by atoms with Crippen molar-refractivity contribution >= 4 is 0 Å². The SMILES string of the molecule is C=CCCCCCCCCCC[C@@H](O)CC. The van der Waals surface area contributed by atoms with Gasteiger partial charge in [-0.25, -0.2) is 0 Å². The van der Waals surface area contributed by atoms with Gasteiger partial charge in [0.15, 0.2) is 0 Å². The summed E-state index contributed by atoms with van der Waals surface area (Å²) in [5.74, 6) is 0. The standard InChI is InChI=1S/C15H30O/c1-3-5-6-7-8-9-10-11-12-13-14-15(16)4-2/h3,15-16H,1,4-14H2,2H3/t15-/m0/s1. The van der Waals surface area contributed by atoms with Gasteiger partial charge >= 0.3 is 0 Å². The topological polar surface area (TPSA) is 20.2 Å². The lowest BCUT2D eigenvalue weighted by Gasteiger charge is -2.06. The van der Waals surface area contributed by atoms with Crippen LogP contribution in [-0.4, -0.2) is 11.2 Å². The highest BCUT2D eigenvalue weighted by Gasteiger charge is 1.99. The molecule has 0 fully saturated rings. The average molecular weight is 226 g/mol. The zero-order valence-corrected chi connectivity index (χ0v) is 11.1. The van der Waals surface area contributed by atoms with E-state index in [1.807, 2.05) is 13.0 Å². The first kappa shape index (κ1) is 15.7. The van der Waals surface area contributed by atoms with E-state index >= 15 is 0 Å². The molecule has 0 aliphatic heterocycles. The molecular formula is C15H30O. The van der Waals surface area contributed by atoms with Crippen LogP contribution in [0.1, 0.15) is 77.6 Å². The van der Waals surface area contributed by atoms with E-state index in [1.165, 1.54) is 57.8 Å². The Kier molecular flexibility index (Phi) is 12.5. The van der Waals surface area contributed by atoms with E-state index in [0.717, 1.165) is 12.8 Å². The summed E-state index contributed by atoms with van der Waals surface area (Å²) in [5, 5.41) is 9.37. The molecule has 0 aromatic heterocycles. The van der Waals surface area contributed by atoms with E-state index in [0.29, 0.717) is 0 Å². The Morgan fingerprint density at radius 1 is 0.938 bits per heavy atom. The van der Waals surface area contributed by atoms with Crippen molar-refractivity contribution in [3.05, 3.63) is 12.7 Å². The maximum atomic E-state index is 9.37. The molecule has 1 atom stereocenters. The number of hydrogen-bond acceptors (Lipinski definition) is 1. The van der Waals surface area contributed by atoms with Gasteiger partial charge in [-0.1, -0.05) is 57.9 Å². The fraction of sp³-hybridized carbons (Fsp3) is 0.867. The highest BCUT2D eigenvalue weighted by atomic mass is 16.3. The monoisotopic (exact) mass is 226 g/mol. The van der Waals surface area contributed by atoms with Crippen molar-refractivity contribution in [2.24, 2.45) is 0 Å². The molecule has 1 nitrogen and oxygen atoms in total. The molecular weight excluding hydrogens is 196 g/mol. The molecule has 1 N–H and O–H groups in total. The van der Waals surface area contributed by atoms with Crippen molar-refractivity contribution in [3.8, 4) is 0 Å². The van der Waals surface area contributed by atoms with E-state index in [4.69, 9.17) is 0 Å². The van der Waals surface area contributed by atoms with Crippen LogP contribution in [0, 0.1) is 0 Å². The Hall–Kier alpha value is -0.300. The molecule has 0 unspecified atom stereocenters. The van der Waals surface area contributed by atoms with Crippen molar-refractivity contribution in [3.63, 3.8) is 0 Å². The first-order chi connectivity index (χ1) is 7.81. The largest absolute Gasteiger partial charge is 0.393 e. The normalized spacial score (nSPS) is 12.6. The minimum atomic E-state index is -0.0566. The highest BCUT2D eigenvalue weighted by molar-refractivity contribution is 4.65. The number of hydrogen-bond donors (Lipinski definition) is 1. The predicted molar refractivity (Wildman–Crippen MR) is 72.7 cm³/mol. The molecule has 0 rings (SSSR count). The first-order valence-electron chi connectivity index (χ1n) is 7.10. The van der Waals surface area contributed by atoms with Crippen molar-refractivity contribution in [2.45, 2.75) is 83.7 Å². The van der Waals surface area contributed by atoms with Crippen LogP contribution in [0.5, 0.6) is 0 Å². The number of aliphatic hydroxyl groups is 1. The van der Waals surface area contributed by atoms with E-state index in [-0.39, 0.29) is 6.10 Å². The summed E-state index contributed by atoms with van der Waals surface area (Å²) in [6, 6.07) is 0. The number of aliphatic hydroxyl groups excluding tert-OH is 1. The molecule has 0 heterocycles. The predicted octanol–water partition coefficient (Wildman–Crippen LogP) is 4.84. The van der Waals surface area contributed by atoms with E-state index in [1.54, 1.807) is 0 Å². The van der Waals surface area contributed by atoms with Crippen LogP contribution in [0.4, 0.5) is 0 Å². The quantitative estimate of drug-likeness (QED) is 0.373. The zero-order chi connectivity index (χ0) is 12.1. The molecule has 0 spiro atoms. The minimum Gasteiger partial charge on any atom is -0.393 e. The summed E-state index contributed by atoms with van der Waals surface area (Å²) < 4.78 is 0. The van der Waals surface area contributed by atoms with Gasteiger partial charge in [0.1, 0.15) is 0 Å². The number of allylic oxidation sites excluding steroid dienone is 1. The van der Waals surface area contributed by atoms with Gasteiger partial charge in [0, 0.05) is 0 Å². The summed E-state index contributed by atoms with van der Waals surface area (Å²) in [4.78, 5) is 0. The average Bonchev–Trinajstić information content (AvgIpc) is 2.31. The van der Waals surface area contributed by atoms with Crippen molar-refractivity contribution in [2.75, 3.05) is 0 Å². The van der Waals surface area contributed by atoms with Gasteiger partial charge in [0.25, 0.3) is 0 Å². The van der Waals surface area contributed by atoms with Gasteiger partial charge in [-0.05, 0) is 25.7 Å². The molecule has 0 aromatic rings. The molecule has 1 heteroatoms. The zero-order valence-electron chi connectivity index (χ0n) is 11.1. The fourth-order valence-corrected chi connectivity index (χ4v) is 1.93. The third kappa shape index (κ3) is 11.8. The Balaban J connectivity index is 2.96. The fourth-order valence-electron chi connectivity index (χ4n) is 1.93. The molecule has 16 heavy (non-hydrogen) atoms. The Morgan fingerprint density at radius 2 is 1.44 bits per heavy atom. The second kappa shape index (κ2) is 12.8. The highest BCUT2D eigenvalue weighted by Crippen LogP contribution is 2.12. The lowest BCUT2D eigenvalue weighted by molar-refractivity contribution is 0.156. The maximum Gasteiger partial charge on any atom is 0.0537 e. The summed E-state index contributed by atoms with van der Waals surface area (Å²) in [5.41, 5.74) is 0. The van der Waals surface area contributed by atoms with E-state index in [9.17, 15) is 5.11 Å². The van der Waals surface area contributed by atoms with Crippen molar-refractivity contribution in [1.29, 1.82) is 0 Å². The molecule has 0 aliphatic carbocycles. The summed E-state index contributed by atoms with van der Waals surface area (Å²) in [7, 11) is 0. The summed E-state index contributed by atoms with van der Waals surface area (Å²) in [6.45, 7) is 5.78. The number of unbranched alkanes of at least 4 members (excludes halogenated alkanes) is 8. The van der Waals surface area contributed by atoms with E-state index in [2.05, 4.69) is 6.58 Å². The van der Waals surface area contributed by atoms with Crippen LogP contribution >= 0.6 is 0 Å². The lowest BCUT2D eigenvalue weighted by atomic mass is 10.0. The summed E-state index contributed by atoms with van der Waals surface area (Å²) in [6.07, 6.45) is 15.7. The Labute approximate surface area is 102 Å². The van der Waals surface area contributed by atoms with Gasteiger partial charge in [-0.2, -0.15) is 0 Å². The van der Waals surface area contributed by atoms with Crippen LogP contribution in [0.15, 0.2) is 12.7 Å². The Morgan fingerprint density at radius 3 is 1.94 bits per heavy atom. The minimum absolute atomic E-state index is 0.0566. The van der Waals surface area contributed by atoms with Crippen LogP contribution < -0.4 is 0 Å². The van der Waals surface area contributed by atoms with Gasteiger partial charge in [0.2, 0.25) is 0 Å². The van der Waals surface area contributed by atoms with E-state index < -0.39 is 0 Å². The second-order valence-electron chi connectivity index (χ2n) is 4.76. The van der Waals surface area contributed by atoms with Gasteiger partial charge in [-0.15, -0.1) is 6.58 Å². The number of rotatable bonds is 12. The lowest BCUT2D eigenvalue weighted by Crippen LogP contribution is -2.03. The molecule has 0 radical (unpaired) electrons. The molecule has 0 aromatic carbocycles. The smallest absolute Gasteiger partial charge is 0.0537 e. The first-order valence-corrected chi connectivity index (χ1v) is 7.10. The maximum absolute atomic E-state index is 9.37. The second-order valence-corrected chi connectivity index (χ2v) is 4.76. The third-order valence-corrected chi connectivity index (χ3v) is 3.17. The molecule has 96 valence electrons. The van der Waals surface area contributed by atoms with Crippen LogP contribution in [-0.2, 0) is 0 Å². The Bertz CT molecular complexity index is 142. The van der Waals surface area contributed by atoms with Crippen molar-refractivity contribution in [1.82, 2.24) is 0 Å². The van der Waals surface area contributed by atoms with Gasteiger partial charge in [0.05, 0.1) is 6.10 Å². The molecule has 0 aliphatic rings. The molecule has 0 saturated carbocycles. The molecule has 0 saturated heterocycles. The molecule has 0 bridgehead atoms. The van der Waals surface area contributed by atoms with Crippen LogP contribution in [0.25, 0.3) is 0 Å². The third-order valence-electron chi connectivity index (χ3n) is 3.17. The van der Waals surface area contributed by atoms with Crippen molar-refractivity contribution < 1.29 is 5.11 Å². The van der Waals surface area contributed by atoms with Crippen LogP contribution in [0.3, 0.4) is 0 Å². The van der Waals surface area contributed by atoms with Gasteiger partial charge < -0.3 is 5.11 Å². The van der Waals surface area contributed by atoms with Crippen LogP contribution in [0.2, 0.25) is 0 Å². The summed E-state index contributed by atoms with van der Waals surface area (Å²) >= 11 is 0. The van der Waals surface area contributed by atoms with Gasteiger partial charge in [-0.3, -0.25) is 0 Å².